The largest absolute Gasteiger partial charge is 0.461 e. The third kappa shape index (κ3) is 2.06. The highest BCUT2D eigenvalue weighted by molar-refractivity contribution is 6.31. The fourth-order valence-corrected chi connectivity index (χ4v) is 2.85. The first-order valence-corrected chi connectivity index (χ1v) is 7.82. The molecule has 5 rings (SSSR count). The van der Waals surface area contributed by atoms with Crippen LogP contribution < -0.4 is 5.32 Å². The summed E-state index contributed by atoms with van der Waals surface area (Å²) in [4.78, 5) is 4.73. The summed E-state index contributed by atoms with van der Waals surface area (Å²) in [7, 11) is 0. The molecule has 1 aliphatic carbocycles. The van der Waals surface area contributed by atoms with Gasteiger partial charge in [0, 0.05) is 16.5 Å². The van der Waals surface area contributed by atoms with Crippen LogP contribution in [0.15, 0.2) is 41.0 Å². The maximum atomic E-state index is 6.11. The molecule has 1 saturated carbocycles. The van der Waals surface area contributed by atoms with Crippen LogP contribution in [0.3, 0.4) is 0 Å². The molecule has 1 aliphatic rings. The molecular weight excluding hydrogens is 314 g/mol. The van der Waals surface area contributed by atoms with Crippen molar-refractivity contribution in [3.8, 4) is 11.6 Å². The molecule has 0 bridgehead atoms. The Balaban J connectivity index is 1.85. The summed E-state index contributed by atoms with van der Waals surface area (Å²) in [5.41, 5.74) is 1.53. The van der Waals surface area contributed by atoms with Gasteiger partial charge in [-0.15, -0.1) is 10.2 Å². The zero-order chi connectivity index (χ0) is 15.4. The van der Waals surface area contributed by atoms with E-state index in [-0.39, 0.29) is 0 Å². The van der Waals surface area contributed by atoms with Gasteiger partial charge in [0.25, 0.3) is 0 Å². The van der Waals surface area contributed by atoms with Crippen molar-refractivity contribution in [2.75, 3.05) is 5.32 Å². The number of hydrogen-bond donors (Lipinski definition) is 1. The molecule has 0 atom stereocenters. The van der Waals surface area contributed by atoms with E-state index in [4.69, 9.17) is 21.0 Å². The number of nitrogens with one attached hydrogen (secondary N) is 1. The topological polar surface area (TPSA) is 68.2 Å². The molecule has 1 aromatic carbocycles. The predicted octanol–water partition coefficient (Wildman–Crippen LogP) is 3.77. The van der Waals surface area contributed by atoms with Crippen molar-refractivity contribution in [2.24, 2.45) is 0 Å². The van der Waals surface area contributed by atoms with E-state index in [1.165, 1.54) is 0 Å². The predicted molar refractivity (Wildman–Crippen MR) is 87.6 cm³/mol. The molecule has 0 spiro atoms. The minimum absolute atomic E-state index is 0.453. The second-order valence-corrected chi connectivity index (χ2v) is 6.11. The number of furan rings is 1. The van der Waals surface area contributed by atoms with Gasteiger partial charge in [-0.1, -0.05) is 11.6 Å². The molecule has 7 heteroatoms. The highest BCUT2D eigenvalue weighted by atomic mass is 35.5. The standard InChI is InChI=1S/C16H12ClN5O/c17-9-3-6-11-12(8-9)19-16(18-10-4-5-10)22-14(11)20-21-15(22)13-2-1-7-23-13/h1-3,6-8,10H,4-5H2,(H,18,19). The molecule has 0 saturated heterocycles. The summed E-state index contributed by atoms with van der Waals surface area (Å²) >= 11 is 6.11. The van der Waals surface area contributed by atoms with E-state index in [9.17, 15) is 0 Å². The molecule has 0 amide bonds. The van der Waals surface area contributed by atoms with Gasteiger partial charge in [0.1, 0.15) is 0 Å². The molecule has 1 fully saturated rings. The van der Waals surface area contributed by atoms with Crippen molar-refractivity contribution in [2.45, 2.75) is 18.9 Å². The van der Waals surface area contributed by atoms with E-state index in [0.717, 1.165) is 29.4 Å². The lowest BCUT2D eigenvalue weighted by Crippen LogP contribution is -2.09. The molecule has 23 heavy (non-hydrogen) atoms. The highest BCUT2D eigenvalue weighted by Gasteiger charge is 2.25. The van der Waals surface area contributed by atoms with Gasteiger partial charge in [-0.3, -0.25) is 0 Å². The highest BCUT2D eigenvalue weighted by Crippen LogP contribution is 2.31. The van der Waals surface area contributed by atoms with E-state index in [1.807, 2.05) is 34.7 Å². The first-order chi connectivity index (χ1) is 11.3. The number of benzene rings is 1. The van der Waals surface area contributed by atoms with Crippen LogP contribution in [0.4, 0.5) is 5.95 Å². The minimum atomic E-state index is 0.453. The number of hydrogen-bond acceptors (Lipinski definition) is 5. The van der Waals surface area contributed by atoms with Crippen LogP contribution in [0.1, 0.15) is 12.8 Å². The number of nitrogens with zero attached hydrogens (tertiary/aromatic N) is 4. The summed E-state index contributed by atoms with van der Waals surface area (Å²) in [6, 6.07) is 9.75. The van der Waals surface area contributed by atoms with E-state index in [1.54, 1.807) is 6.26 Å². The van der Waals surface area contributed by atoms with E-state index in [0.29, 0.717) is 28.6 Å². The molecule has 0 unspecified atom stereocenters. The van der Waals surface area contributed by atoms with Gasteiger partial charge < -0.3 is 9.73 Å². The molecule has 4 aromatic rings. The van der Waals surface area contributed by atoms with Crippen LogP contribution in [-0.2, 0) is 0 Å². The maximum Gasteiger partial charge on any atom is 0.211 e. The smallest absolute Gasteiger partial charge is 0.211 e. The SMILES string of the molecule is Clc1ccc2c(c1)nc(NC1CC1)n1c(-c3ccco3)nnc21. The Labute approximate surface area is 136 Å². The van der Waals surface area contributed by atoms with Crippen molar-refractivity contribution < 1.29 is 4.42 Å². The fraction of sp³-hybridized carbons (Fsp3) is 0.188. The third-order valence-electron chi connectivity index (χ3n) is 3.95. The average Bonchev–Trinajstić information content (AvgIpc) is 3.02. The number of anilines is 1. The van der Waals surface area contributed by atoms with Crippen LogP contribution in [0, 0.1) is 0 Å². The number of fused-ring (bicyclic) bond motifs is 3. The summed E-state index contributed by atoms with van der Waals surface area (Å²) in [6.45, 7) is 0. The second kappa shape index (κ2) is 4.70. The molecule has 0 aliphatic heterocycles. The fourth-order valence-electron chi connectivity index (χ4n) is 2.68. The summed E-state index contributed by atoms with van der Waals surface area (Å²) in [5, 5.41) is 13.7. The van der Waals surface area contributed by atoms with Crippen LogP contribution in [-0.4, -0.2) is 25.6 Å². The molecule has 0 radical (unpaired) electrons. The lowest BCUT2D eigenvalue weighted by molar-refractivity contribution is 0.576. The number of halogens is 1. The quantitative estimate of drug-likeness (QED) is 0.621. The second-order valence-electron chi connectivity index (χ2n) is 5.68. The van der Waals surface area contributed by atoms with E-state index in [2.05, 4.69) is 15.5 Å². The molecular formula is C16H12ClN5O. The van der Waals surface area contributed by atoms with E-state index < -0.39 is 0 Å². The summed E-state index contributed by atoms with van der Waals surface area (Å²) < 4.78 is 7.40. The number of aromatic nitrogens is 4. The molecule has 1 N–H and O–H groups in total. The third-order valence-corrected chi connectivity index (χ3v) is 4.19. The van der Waals surface area contributed by atoms with Crippen molar-refractivity contribution >= 4 is 34.1 Å². The lowest BCUT2D eigenvalue weighted by atomic mass is 10.2. The zero-order valence-electron chi connectivity index (χ0n) is 12.0. The van der Waals surface area contributed by atoms with Crippen LogP contribution in [0.25, 0.3) is 28.1 Å². The first-order valence-electron chi connectivity index (χ1n) is 7.44. The summed E-state index contributed by atoms with van der Waals surface area (Å²) in [5.74, 6) is 2.01. The lowest BCUT2D eigenvalue weighted by Gasteiger charge is -2.10. The first kappa shape index (κ1) is 12.9. The number of rotatable bonds is 3. The molecule has 3 aromatic heterocycles. The molecule has 6 nitrogen and oxygen atoms in total. The van der Waals surface area contributed by atoms with E-state index >= 15 is 0 Å². The van der Waals surface area contributed by atoms with Crippen molar-refractivity contribution in [3.05, 3.63) is 41.6 Å². The molecule has 114 valence electrons. The van der Waals surface area contributed by atoms with Gasteiger partial charge >= 0.3 is 0 Å². The Hall–Kier alpha value is -2.60. The van der Waals surface area contributed by atoms with Gasteiger partial charge in [-0.25, -0.2) is 9.38 Å². The van der Waals surface area contributed by atoms with Crippen molar-refractivity contribution in [1.29, 1.82) is 0 Å². The maximum absolute atomic E-state index is 6.11. The Morgan fingerprint density at radius 2 is 2.13 bits per heavy atom. The Morgan fingerprint density at radius 3 is 2.91 bits per heavy atom. The van der Waals surface area contributed by atoms with Crippen LogP contribution in [0.2, 0.25) is 5.02 Å². The average molecular weight is 326 g/mol. The molecule has 3 heterocycles. The van der Waals surface area contributed by atoms with Crippen molar-refractivity contribution in [3.63, 3.8) is 0 Å². The Morgan fingerprint density at radius 1 is 1.22 bits per heavy atom. The van der Waals surface area contributed by atoms with Crippen LogP contribution >= 0.6 is 11.6 Å². The van der Waals surface area contributed by atoms with Crippen molar-refractivity contribution in [1.82, 2.24) is 19.6 Å². The van der Waals surface area contributed by atoms with Gasteiger partial charge in [0.05, 0.1) is 11.8 Å². The van der Waals surface area contributed by atoms with Crippen LogP contribution in [0.5, 0.6) is 0 Å². The normalized spacial score (nSPS) is 14.7. The summed E-state index contributed by atoms with van der Waals surface area (Å²) in [6.07, 6.45) is 3.92. The van der Waals surface area contributed by atoms with Gasteiger partial charge in [0.15, 0.2) is 11.4 Å². The monoisotopic (exact) mass is 325 g/mol. The van der Waals surface area contributed by atoms with Gasteiger partial charge in [-0.2, -0.15) is 0 Å². The zero-order valence-corrected chi connectivity index (χ0v) is 12.8. The Kier molecular flexibility index (Phi) is 2.63. The van der Waals surface area contributed by atoms with Gasteiger partial charge in [-0.05, 0) is 43.2 Å². The minimum Gasteiger partial charge on any atom is -0.461 e. The Bertz CT molecular complexity index is 1020. The van der Waals surface area contributed by atoms with Gasteiger partial charge in [0.2, 0.25) is 11.8 Å².